The zero-order valence-electron chi connectivity index (χ0n) is 10.7. The van der Waals surface area contributed by atoms with E-state index in [1.807, 2.05) is 13.8 Å². The van der Waals surface area contributed by atoms with Crippen molar-refractivity contribution in [2.45, 2.75) is 45.1 Å². The van der Waals surface area contributed by atoms with Gasteiger partial charge in [0, 0.05) is 0 Å². The molecule has 3 amide bonds. The smallest absolute Gasteiger partial charge is 0.323 e. The molecule has 5 nitrogen and oxygen atoms in total. The SMILES string of the molecule is CCC1(CC)NC(=O)N(CN2CCCC2)C1=O. The van der Waals surface area contributed by atoms with Crippen LogP contribution < -0.4 is 5.32 Å². The third-order valence-electron chi connectivity index (χ3n) is 3.99. The van der Waals surface area contributed by atoms with Gasteiger partial charge in [-0.2, -0.15) is 0 Å². The number of carbonyl (C=O) groups excluding carboxylic acids is 2. The lowest BCUT2D eigenvalue weighted by Crippen LogP contribution is -2.46. The van der Waals surface area contributed by atoms with Crippen LogP contribution in [-0.2, 0) is 4.79 Å². The second-order valence-corrected chi connectivity index (χ2v) is 4.92. The quantitative estimate of drug-likeness (QED) is 0.749. The van der Waals surface area contributed by atoms with Gasteiger partial charge in [0.05, 0.1) is 6.67 Å². The standard InChI is InChI=1S/C12H21N3O2/c1-3-12(4-2)10(16)15(11(17)13-12)9-14-7-5-6-8-14/h3-9H2,1-2H3,(H,13,17). The van der Waals surface area contributed by atoms with E-state index in [4.69, 9.17) is 0 Å². The highest BCUT2D eigenvalue weighted by Gasteiger charge is 2.48. The zero-order chi connectivity index (χ0) is 12.5. The fourth-order valence-electron chi connectivity index (χ4n) is 2.66. The Balaban J connectivity index is 2.07. The molecule has 0 bridgehead atoms. The van der Waals surface area contributed by atoms with Crippen LogP contribution in [0.5, 0.6) is 0 Å². The van der Waals surface area contributed by atoms with Gasteiger partial charge in [-0.3, -0.25) is 9.69 Å². The Morgan fingerprint density at radius 2 is 1.76 bits per heavy atom. The Hall–Kier alpha value is -1.10. The van der Waals surface area contributed by atoms with Crippen molar-refractivity contribution in [3.8, 4) is 0 Å². The molecule has 17 heavy (non-hydrogen) atoms. The van der Waals surface area contributed by atoms with Crippen LogP contribution in [0.3, 0.4) is 0 Å². The molecule has 0 saturated carbocycles. The summed E-state index contributed by atoms with van der Waals surface area (Å²) in [7, 11) is 0. The van der Waals surface area contributed by atoms with E-state index < -0.39 is 5.54 Å². The number of imide groups is 1. The van der Waals surface area contributed by atoms with Crippen molar-refractivity contribution in [3.05, 3.63) is 0 Å². The van der Waals surface area contributed by atoms with Crippen LogP contribution in [0.2, 0.25) is 0 Å². The van der Waals surface area contributed by atoms with Gasteiger partial charge in [0.1, 0.15) is 5.54 Å². The maximum atomic E-state index is 12.3. The van der Waals surface area contributed by atoms with E-state index in [0.29, 0.717) is 19.5 Å². The number of nitrogens with zero attached hydrogens (tertiary/aromatic N) is 2. The first-order valence-electron chi connectivity index (χ1n) is 6.49. The number of carbonyl (C=O) groups is 2. The molecule has 0 aliphatic carbocycles. The topological polar surface area (TPSA) is 52.7 Å². The molecule has 0 spiro atoms. The second kappa shape index (κ2) is 4.64. The average molecular weight is 239 g/mol. The van der Waals surface area contributed by atoms with E-state index in [0.717, 1.165) is 25.9 Å². The zero-order valence-corrected chi connectivity index (χ0v) is 10.7. The Morgan fingerprint density at radius 1 is 1.18 bits per heavy atom. The molecular formula is C12H21N3O2. The molecule has 1 N–H and O–H groups in total. The Kier molecular flexibility index (Phi) is 3.38. The first kappa shape index (κ1) is 12.4. The lowest BCUT2D eigenvalue weighted by Gasteiger charge is -2.25. The van der Waals surface area contributed by atoms with Gasteiger partial charge >= 0.3 is 6.03 Å². The summed E-state index contributed by atoms with van der Waals surface area (Å²) in [5.74, 6) is -0.0561. The molecule has 2 fully saturated rings. The van der Waals surface area contributed by atoms with Gasteiger partial charge in [0.25, 0.3) is 5.91 Å². The van der Waals surface area contributed by atoms with Crippen LogP contribution >= 0.6 is 0 Å². The molecule has 0 unspecified atom stereocenters. The molecule has 0 radical (unpaired) electrons. The molecule has 0 aromatic heterocycles. The van der Waals surface area contributed by atoms with Crippen molar-refractivity contribution in [3.63, 3.8) is 0 Å². The van der Waals surface area contributed by atoms with Gasteiger partial charge in [-0.05, 0) is 38.8 Å². The van der Waals surface area contributed by atoms with E-state index in [1.165, 1.54) is 4.90 Å². The number of hydrogen-bond donors (Lipinski definition) is 1. The summed E-state index contributed by atoms with van der Waals surface area (Å²) in [4.78, 5) is 27.7. The summed E-state index contributed by atoms with van der Waals surface area (Å²) < 4.78 is 0. The first-order valence-corrected chi connectivity index (χ1v) is 6.49. The van der Waals surface area contributed by atoms with Gasteiger partial charge in [-0.25, -0.2) is 9.69 Å². The van der Waals surface area contributed by atoms with E-state index in [-0.39, 0.29) is 11.9 Å². The van der Waals surface area contributed by atoms with Crippen LogP contribution in [0.1, 0.15) is 39.5 Å². The van der Waals surface area contributed by atoms with Crippen molar-refractivity contribution in [1.82, 2.24) is 15.1 Å². The summed E-state index contributed by atoms with van der Waals surface area (Å²) in [5, 5.41) is 2.85. The number of amides is 3. The van der Waals surface area contributed by atoms with Crippen LogP contribution in [0.25, 0.3) is 0 Å². The Bertz CT molecular complexity index is 320. The lowest BCUT2D eigenvalue weighted by molar-refractivity contribution is -0.132. The third-order valence-corrected chi connectivity index (χ3v) is 3.99. The predicted molar refractivity (Wildman–Crippen MR) is 64.4 cm³/mol. The van der Waals surface area contributed by atoms with Crippen molar-refractivity contribution in [2.24, 2.45) is 0 Å². The summed E-state index contributed by atoms with van der Waals surface area (Å²) >= 11 is 0. The summed E-state index contributed by atoms with van der Waals surface area (Å²) in [5.41, 5.74) is -0.656. The first-order chi connectivity index (χ1) is 8.13. The summed E-state index contributed by atoms with van der Waals surface area (Å²) in [6.07, 6.45) is 3.64. The minimum absolute atomic E-state index is 0.0561. The van der Waals surface area contributed by atoms with Gasteiger partial charge in [-0.15, -0.1) is 0 Å². The molecule has 2 rings (SSSR count). The van der Waals surface area contributed by atoms with Crippen LogP contribution in [-0.4, -0.2) is 47.0 Å². The number of nitrogens with one attached hydrogen (secondary N) is 1. The van der Waals surface area contributed by atoms with E-state index >= 15 is 0 Å². The maximum Gasteiger partial charge on any atom is 0.326 e. The Morgan fingerprint density at radius 3 is 2.24 bits per heavy atom. The van der Waals surface area contributed by atoms with Crippen LogP contribution in [0.4, 0.5) is 4.79 Å². The van der Waals surface area contributed by atoms with Gasteiger partial charge < -0.3 is 5.32 Å². The minimum Gasteiger partial charge on any atom is -0.323 e. The average Bonchev–Trinajstić information content (AvgIpc) is 2.91. The van der Waals surface area contributed by atoms with E-state index in [9.17, 15) is 9.59 Å². The van der Waals surface area contributed by atoms with Crippen LogP contribution in [0.15, 0.2) is 0 Å². The molecule has 2 aliphatic heterocycles. The van der Waals surface area contributed by atoms with Crippen molar-refractivity contribution in [1.29, 1.82) is 0 Å². The van der Waals surface area contributed by atoms with E-state index in [1.54, 1.807) is 0 Å². The number of rotatable bonds is 4. The van der Waals surface area contributed by atoms with E-state index in [2.05, 4.69) is 10.2 Å². The van der Waals surface area contributed by atoms with Crippen LogP contribution in [0, 0.1) is 0 Å². The van der Waals surface area contributed by atoms with Gasteiger partial charge in [-0.1, -0.05) is 13.8 Å². The van der Waals surface area contributed by atoms with Gasteiger partial charge in [0.2, 0.25) is 0 Å². The summed E-state index contributed by atoms with van der Waals surface area (Å²) in [6, 6.07) is -0.231. The molecule has 0 aromatic carbocycles. The monoisotopic (exact) mass is 239 g/mol. The highest BCUT2D eigenvalue weighted by molar-refractivity contribution is 6.06. The molecule has 2 heterocycles. The summed E-state index contributed by atoms with van der Waals surface area (Å²) in [6.45, 7) is 6.32. The number of likely N-dealkylation sites (tertiary alicyclic amines) is 1. The van der Waals surface area contributed by atoms with Crippen molar-refractivity contribution >= 4 is 11.9 Å². The molecular weight excluding hydrogens is 218 g/mol. The molecule has 2 saturated heterocycles. The highest BCUT2D eigenvalue weighted by Crippen LogP contribution is 2.25. The van der Waals surface area contributed by atoms with Crippen molar-refractivity contribution in [2.75, 3.05) is 19.8 Å². The third kappa shape index (κ3) is 2.04. The van der Waals surface area contributed by atoms with Gasteiger partial charge in [0.15, 0.2) is 0 Å². The second-order valence-electron chi connectivity index (χ2n) is 4.92. The number of hydrogen-bond acceptors (Lipinski definition) is 3. The minimum atomic E-state index is -0.656. The molecule has 96 valence electrons. The fraction of sp³-hybridized carbons (Fsp3) is 0.833. The normalized spacial score (nSPS) is 24.5. The van der Waals surface area contributed by atoms with Crippen molar-refractivity contribution < 1.29 is 9.59 Å². The molecule has 0 atom stereocenters. The lowest BCUT2D eigenvalue weighted by atomic mass is 9.93. The fourth-order valence-corrected chi connectivity index (χ4v) is 2.66. The molecule has 2 aliphatic rings. The largest absolute Gasteiger partial charge is 0.326 e. The predicted octanol–water partition coefficient (Wildman–Crippen LogP) is 1.15. The molecule has 0 aromatic rings. The number of urea groups is 1. The molecule has 5 heteroatoms. The highest BCUT2D eigenvalue weighted by atomic mass is 16.2. The Labute approximate surface area is 102 Å². The maximum absolute atomic E-state index is 12.3.